The number of carbonyl (C=O) groups excluding carboxylic acids is 1. The van der Waals surface area contributed by atoms with Crippen molar-refractivity contribution in [2.75, 3.05) is 5.32 Å². The van der Waals surface area contributed by atoms with Gasteiger partial charge in [-0.2, -0.15) is 0 Å². The Balaban J connectivity index is 2.06. The van der Waals surface area contributed by atoms with Crippen molar-refractivity contribution in [1.82, 2.24) is 0 Å². The highest BCUT2D eigenvalue weighted by molar-refractivity contribution is 5.94. The van der Waals surface area contributed by atoms with Crippen LogP contribution < -0.4 is 10.1 Å². The molecule has 25 heavy (non-hydrogen) atoms. The highest BCUT2D eigenvalue weighted by Gasteiger charge is 2.22. The summed E-state index contributed by atoms with van der Waals surface area (Å²) in [6.07, 6.45) is -0.576. The summed E-state index contributed by atoms with van der Waals surface area (Å²) >= 11 is 0. The summed E-state index contributed by atoms with van der Waals surface area (Å²) in [7, 11) is 0. The van der Waals surface area contributed by atoms with Crippen molar-refractivity contribution in [2.24, 2.45) is 0 Å². The van der Waals surface area contributed by atoms with E-state index in [-0.39, 0.29) is 11.3 Å². The van der Waals surface area contributed by atoms with Crippen molar-refractivity contribution in [1.29, 1.82) is 0 Å². The second kappa shape index (κ2) is 7.73. The summed E-state index contributed by atoms with van der Waals surface area (Å²) < 4.78 is 5.96. The second-order valence-corrected chi connectivity index (χ2v) is 7.77. The second-order valence-electron chi connectivity index (χ2n) is 7.77. The number of hydrogen-bond acceptors (Lipinski definition) is 2. The molecule has 0 heterocycles. The number of benzene rings is 2. The molecule has 0 aromatic heterocycles. The summed E-state index contributed by atoms with van der Waals surface area (Å²) in [4.78, 5) is 12.5. The lowest BCUT2D eigenvalue weighted by molar-refractivity contribution is -0.122. The third kappa shape index (κ3) is 5.09. The maximum absolute atomic E-state index is 12.5. The Bertz CT molecular complexity index is 712. The van der Waals surface area contributed by atoms with E-state index in [2.05, 4.69) is 39.9 Å². The van der Waals surface area contributed by atoms with E-state index in [1.54, 1.807) is 6.92 Å². The zero-order chi connectivity index (χ0) is 18.6. The zero-order valence-corrected chi connectivity index (χ0v) is 16.1. The Morgan fingerprint density at radius 3 is 2.12 bits per heavy atom. The molecule has 0 radical (unpaired) electrons. The number of ether oxygens (including phenoxy) is 1. The van der Waals surface area contributed by atoms with E-state index >= 15 is 0 Å². The van der Waals surface area contributed by atoms with Gasteiger partial charge in [-0.25, -0.2) is 0 Å². The van der Waals surface area contributed by atoms with Crippen LogP contribution in [0.1, 0.15) is 58.6 Å². The quantitative estimate of drug-likeness (QED) is 0.779. The van der Waals surface area contributed by atoms with Gasteiger partial charge in [0.2, 0.25) is 0 Å². The smallest absolute Gasteiger partial charge is 0.265 e. The van der Waals surface area contributed by atoms with Crippen LogP contribution in [0.25, 0.3) is 0 Å². The van der Waals surface area contributed by atoms with Crippen LogP contribution in [0.4, 0.5) is 5.69 Å². The number of amides is 1. The molecule has 0 fully saturated rings. The summed E-state index contributed by atoms with van der Waals surface area (Å²) in [5.41, 5.74) is 3.09. The van der Waals surface area contributed by atoms with Gasteiger partial charge in [-0.15, -0.1) is 0 Å². The maximum Gasteiger partial charge on any atom is 0.265 e. The van der Waals surface area contributed by atoms with Gasteiger partial charge in [0.25, 0.3) is 5.91 Å². The van der Waals surface area contributed by atoms with E-state index in [1.165, 1.54) is 5.56 Å². The first kappa shape index (κ1) is 19.0. The molecule has 1 unspecified atom stereocenters. The van der Waals surface area contributed by atoms with Crippen LogP contribution in [0, 0.1) is 0 Å². The Labute approximate surface area is 151 Å². The molecule has 0 aliphatic heterocycles. The number of anilines is 1. The summed E-state index contributed by atoms with van der Waals surface area (Å²) in [5.74, 6) is 1.08. The third-order valence-corrected chi connectivity index (χ3v) is 4.21. The van der Waals surface area contributed by atoms with Crippen LogP contribution in [0.2, 0.25) is 0 Å². The van der Waals surface area contributed by atoms with Gasteiger partial charge in [0.05, 0.1) is 0 Å². The molecule has 1 N–H and O–H groups in total. The predicted octanol–water partition coefficient (Wildman–Crippen LogP) is 5.51. The standard InChI is InChI=1S/C22H29NO2/c1-15(2)17-11-13-18(14-12-17)23-21(24)16(3)25-20-10-8-7-9-19(20)22(4,5)6/h7-16H,1-6H3,(H,23,24). The van der Waals surface area contributed by atoms with E-state index in [4.69, 9.17) is 4.74 Å². The van der Waals surface area contributed by atoms with Crippen molar-refractivity contribution in [2.45, 2.75) is 59.0 Å². The van der Waals surface area contributed by atoms with Gasteiger partial charge >= 0.3 is 0 Å². The molecule has 3 nitrogen and oxygen atoms in total. The van der Waals surface area contributed by atoms with E-state index in [0.717, 1.165) is 17.0 Å². The van der Waals surface area contributed by atoms with Crippen molar-refractivity contribution >= 4 is 11.6 Å². The van der Waals surface area contributed by atoms with E-state index in [1.807, 2.05) is 48.5 Å². The highest BCUT2D eigenvalue weighted by Crippen LogP contribution is 2.31. The molecule has 2 aromatic rings. The van der Waals surface area contributed by atoms with Crippen LogP contribution in [0.15, 0.2) is 48.5 Å². The van der Waals surface area contributed by atoms with Gasteiger partial charge in [0.15, 0.2) is 6.10 Å². The predicted molar refractivity (Wildman–Crippen MR) is 104 cm³/mol. The van der Waals surface area contributed by atoms with Crippen LogP contribution >= 0.6 is 0 Å². The average molecular weight is 339 g/mol. The van der Waals surface area contributed by atoms with E-state index < -0.39 is 6.10 Å². The number of rotatable bonds is 5. The number of hydrogen-bond donors (Lipinski definition) is 1. The van der Waals surface area contributed by atoms with Crippen molar-refractivity contribution in [3.05, 3.63) is 59.7 Å². The summed E-state index contributed by atoms with van der Waals surface area (Å²) in [6, 6.07) is 15.8. The van der Waals surface area contributed by atoms with Crippen LogP contribution in [0.3, 0.4) is 0 Å². The minimum Gasteiger partial charge on any atom is -0.481 e. The van der Waals surface area contributed by atoms with Gasteiger partial charge in [0.1, 0.15) is 5.75 Å². The zero-order valence-electron chi connectivity index (χ0n) is 16.1. The minimum absolute atomic E-state index is 0.0422. The van der Waals surface area contributed by atoms with Crippen LogP contribution in [-0.4, -0.2) is 12.0 Å². The number of carbonyl (C=O) groups is 1. The molecule has 0 aliphatic carbocycles. The third-order valence-electron chi connectivity index (χ3n) is 4.21. The molecule has 0 aliphatic rings. The lowest BCUT2D eigenvalue weighted by Gasteiger charge is -2.24. The Morgan fingerprint density at radius 2 is 1.56 bits per heavy atom. The van der Waals surface area contributed by atoms with E-state index in [9.17, 15) is 4.79 Å². The largest absolute Gasteiger partial charge is 0.481 e. The Hall–Kier alpha value is -2.29. The molecule has 2 aromatic carbocycles. The topological polar surface area (TPSA) is 38.3 Å². The average Bonchev–Trinajstić information content (AvgIpc) is 2.54. The maximum atomic E-state index is 12.5. The first-order chi connectivity index (χ1) is 11.7. The number of nitrogens with one attached hydrogen (secondary N) is 1. The molecule has 3 heteroatoms. The van der Waals surface area contributed by atoms with E-state index in [0.29, 0.717) is 5.92 Å². The summed E-state index contributed by atoms with van der Waals surface area (Å²) in [6.45, 7) is 12.5. The van der Waals surface area contributed by atoms with Crippen molar-refractivity contribution < 1.29 is 9.53 Å². The molecule has 1 atom stereocenters. The van der Waals surface area contributed by atoms with Gasteiger partial charge in [0, 0.05) is 5.69 Å². The van der Waals surface area contributed by atoms with Gasteiger partial charge < -0.3 is 10.1 Å². The molecule has 0 saturated heterocycles. The molecule has 0 saturated carbocycles. The van der Waals surface area contributed by atoms with Gasteiger partial charge in [-0.05, 0) is 47.6 Å². The fourth-order valence-electron chi connectivity index (χ4n) is 2.63. The first-order valence-corrected chi connectivity index (χ1v) is 8.85. The molecule has 0 spiro atoms. The lowest BCUT2D eigenvalue weighted by Crippen LogP contribution is -2.31. The molecule has 2 rings (SSSR count). The SMILES string of the molecule is CC(Oc1ccccc1C(C)(C)C)C(=O)Nc1ccc(C(C)C)cc1. The van der Waals surface area contributed by atoms with Crippen molar-refractivity contribution in [3.8, 4) is 5.75 Å². The molecular formula is C22H29NO2. The summed E-state index contributed by atoms with van der Waals surface area (Å²) in [5, 5.41) is 2.92. The minimum atomic E-state index is -0.576. The fraction of sp³-hybridized carbons (Fsp3) is 0.409. The highest BCUT2D eigenvalue weighted by atomic mass is 16.5. The Kier molecular flexibility index (Phi) is 5.89. The van der Waals surface area contributed by atoms with Gasteiger partial charge in [-0.3, -0.25) is 4.79 Å². The van der Waals surface area contributed by atoms with Crippen molar-refractivity contribution in [3.63, 3.8) is 0 Å². The molecule has 134 valence electrons. The van der Waals surface area contributed by atoms with Gasteiger partial charge in [-0.1, -0.05) is 65.0 Å². The normalized spacial score (nSPS) is 12.8. The fourth-order valence-corrected chi connectivity index (χ4v) is 2.63. The first-order valence-electron chi connectivity index (χ1n) is 8.85. The Morgan fingerprint density at radius 1 is 0.960 bits per heavy atom. The lowest BCUT2D eigenvalue weighted by atomic mass is 9.86. The van der Waals surface area contributed by atoms with Crippen LogP contribution in [-0.2, 0) is 10.2 Å². The molecular weight excluding hydrogens is 310 g/mol. The molecule has 0 bridgehead atoms. The van der Waals surface area contributed by atoms with Crippen LogP contribution in [0.5, 0.6) is 5.75 Å². The monoisotopic (exact) mass is 339 g/mol. The number of para-hydroxylation sites is 1. The molecule has 1 amide bonds.